The Morgan fingerprint density at radius 3 is 2.47 bits per heavy atom. The number of alkyl halides is 1. The van der Waals surface area contributed by atoms with Gasteiger partial charge in [-0.05, 0) is 32.4 Å². The van der Waals surface area contributed by atoms with Crippen LogP contribution >= 0.6 is 38.5 Å². The average molecular weight is 383 g/mol. The molecule has 1 rings (SSSR count). The number of benzene rings is 1. The van der Waals surface area contributed by atoms with Crippen molar-refractivity contribution >= 4 is 38.5 Å². The quantitative estimate of drug-likeness (QED) is 0.549. The number of ether oxygens (including phenoxy) is 1. The molecule has 0 aromatic heterocycles. The molecule has 3 heteroatoms. The van der Waals surface area contributed by atoms with Crippen molar-refractivity contribution in [2.75, 3.05) is 4.43 Å². The fourth-order valence-corrected chi connectivity index (χ4v) is 2.87. The van der Waals surface area contributed by atoms with Crippen LogP contribution in [-0.2, 0) is 10.3 Å². The minimum atomic E-state index is -0.213. The van der Waals surface area contributed by atoms with Crippen LogP contribution in [0.2, 0.25) is 0 Å². The van der Waals surface area contributed by atoms with E-state index >= 15 is 0 Å². The van der Waals surface area contributed by atoms with Crippen LogP contribution in [0.4, 0.5) is 0 Å². The Hall–Kier alpha value is 0.390. The van der Waals surface area contributed by atoms with Crippen LogP contribution in [0.5, 0.6) is 0 Å². The predicted octanol–water partition coefficient (Wildman–Crippen LogP) is 4.52. The van der Waals surface area contributed by atoms with E-state index in [-0.39, 0.29) is 11.7 Å². The van der Waals surface area contributed by atoms with E-state index in [1.807, 2.05) is 12.1 Å². The maximum Gasteiger partial charge on any atom is 0.101 e. The highest BCUT2D eigenvalue weighted by Gasteiger charge is 2.29. The molecule has 0 heterocycles. The molecule has 0 amide bonds. The summed E-state index contributed by atoms with van der Waals surface area (Å²) in [5, 5.41) is 0. The molecule has 0 aliphatic rings. The second-order valence-corrected chi connectivity index (χ2v) is 5.63. The predicted molar refractivity (Wildman–Crippen MR) is 76.6 cm³/mol. The molecule has 1 unspecified atom stereocenters. The molecule has 0 aliphatic heterocycles. The fraction of sp³-hybridized carbons (Fsp3) is 0.500. The summed E-state index contributed by atoms with van der Waals surface area (Å²) in [6.45, 7) is 6.28. The Morgan fingerprint density at radius 1 is 1.40 bits per heavy atom. The van der Waals surface area contributed by atoms with Gasteiger partial charge in [0.25, 0.3) is 0 Å². The highest BCUT2D eigenvalue weighted by molar-refractivity contribution is 14.1. The molecule has 0 fully saturated rings. The van der Waals surface area contributed by atoms with Crippen molar-refractivity contribution in [2.45, 2.75) is 32.5 Å². The Kier molecular flexibility index (Phi) is 5.06. The summed E-state index contributed by atoms with van der Waals surface area (Å²) >= 11 is 5.95. The first kappa shape index (κ1) is 13.5. The molecule has 1 atom stereocenters. The van der Waals surface area contributed by atoms with E-state index in [0.717, 1.165) is 8.90 Å². The molecule has 1 aromatic rings. The molecular weight excluding hydrogens is 367 g/mol. The summed E-state index contributed by atoms with van der Waals surface area (Å²) in [6, 6.07) is 8.25. The summed E-state index contributed by atoms with van der Waals surface area (Å²) in [4.78, 5) is 0. The first-order chi connectivity index (χ1) is 6.99. The van der Waals surface area contributed by atoms with Gasteiger partial charge in [0.15, 0.2) is 0 Å². The Labute approximate surface area is 114 Å². The minimum absolute atomic E-state index is 0.213. The molecule has 0 N–H and O–H groups in total. The van der Waals surface area contributed by atoms with Gasteiger partial charge in [-0.1, -0.05) is 56.7 Å². The monoisotopic (exact) mass is 382 g/mol. The molecule has 1 nitrogen and oxygen atoms in total. The van der Waals surface area contributed by atoms with Crippen LogP contribution in [0, 0.1) is 0 Å². The van der Waals surface area contributed by atoms with Crippen LogP contribution in [0.3, 0.4) is 0 Å². The molecule has 15 heavy (non-hydrogen) atoms. The lowest BCUT2D eigenvalue weighted by atomic mass is 9.98. The summed E-state index contributed by atoms with van der Waals surface area (Å²) in [5.41, 5.74) is 1.00. The molecule has 84 valence electrons. The molecule has 0 aliphatic carbocycles. The summed E-state index contributed by atoms with van der Waals surface area (Å²) in [5.74, 6) is 0. The smallest absolute Gasteiger partial charge is 0.101 e. The van der Waals surface area contributed by atoms with Gasteiger partial charge in [0.1, 0.15) is 5.60 Å². The van der Waals surface area contributed by atoms with Crippen molar-refractivity contribution in [3.8, 4) is 0 Å². The van der Waals surface area contributed by atoms with Gasteiger partial charge in [-0.3, -0.25) is 0 Å². The lowest BCUT2D eigenvalue weighted by Crippen LogP contribution is -2.31. The van der Waals surface area contributed by atoms with Gasteiger partial charge >= 0.3 is 0 Å². The first-order valence-electron chi connectivity index (χ1n) is 4.98. The third-order valence-electron chi connectivity index (χ3n) is 2.19. The van der Waals surface area contributed by atoms with E-state index in [1.54, 1.807) is 0 Å². The number of hydrogen-bond acceptors (Lipinski definition) is 1. The number of halogens is 2. The number of rotatable bonds is 4. The van der Waals surface area contributed by atoms with Gasteiger partial charge < -0.3 is 4.74 Å². The molecule has 0 spiro atoms. The fourth-order valence-electron chi connectivity index (χ4n) is 1.58. The minimum Gasteiger partial charge on any atom is -0.367 e. The lowest BCUT2D eigenvalue weighted by molar-refractivity contribution is -0.0549. The van der Waals surface area contributed by atoms with Gasteiger partial charge in [-0.25, -0.2) is 0 Å². The van der Waals surface area contributed by atoms with Crippen LogP contribution in [-0.4, -0.2) is 10.5 Å². The van der Waals surface area contributed by atoms with Crippen LogP contribution in [0.25, 0.3) is 0 Å². The van der Waals surface area contributed by atoms with Gasteiger partial charge in [-0.2, -0.15) is 0 Å². The van der Waals surface area contributed by atoms with Crippen LogP contribution < -0.4 is 0 Å². The molecule has 0 bridgehead atoms. The lowest BCUT2D eigenvalue weighted by Gasteiger charge is -2.31. The van der Waals surface area contributed by atoms with Crippen molar-refractivity contribution in [2.24, 2.45) is 0 Å². The molecule has 0 saturated carbocycles. The van der Waals surface area contributed by atoms with E-state index in [9.17, 15) is 0 Å². The van der Waals surface area contributed by atoms with Gasteiger partial charge in [0.2, 0.25) is 0 Å². The SMILES string of the molecule is CC(C)OC(C)(CI)c1ccccc1Br. The Balaban J connectivity index is 3.05. The van der Waals surface area contributed by atoms with Crippen molar-refractivity contribution < 1.29 is 4.74 Å². The average Bonchev–Trinajstić information content (AvgIpc) is 2.17. The van der Waals surface area contributed by atoms with Gasteiger partial charge in [-0.15, -0.1) is 0 Å². The second-order valence-electron chi connectivity index (χ2n) is 4.01. The standard InChI is InChI=1S/C12H16BrIO/c1-9(2)15-12(3,8-14)10-6-4-5-7-11(10)13/h4-7,9H,8H2,1-3H3. The molecular formula is C12H16BrIO. The molecule has 1 aromatic carbocycles. The zero-order chi connectivity index (χ0) is 11.5. The number of hydrogen-bond donors (Lipinski definition) is 0. The zero-order valence-corrected chi connectivity index (χ0v) is 13.0. The van der Waals surface area contributed by atoms with Crippen molar-refractivity contribution in [1.29, 1.82) is 0 Å². The highest BCUT2D eigenvalue weighted by Crippen LogP contribution is 2.34. The van der Waals surface area contributed by atoms with E-state index in [2.05, 4.69) is 71.4 Å². The molecule has 0 radical (unpaired) electrons. The van der Waals surface area contributed by atoms with Crippen molar-refractivity contribution in [3.05, 3.63) is 34.3 Å². The van der Waals surface area contributed by atoms with Crippen LogP contribution in [0.15, 0.2) is 28.7 Å². The largest absolute Gasteiger partial charge is 0.367 e. The van der Waals surface area contributed by atoms with E-state index in [4.69, 9.17) is 4.74 Å². The second kappa shape index (κ2) is 5.64. The zero-order valence-electron chi connectivity index (χ0n) is 9.26. The highest BCUT2D eigenvalue weighted by atomic mass is 127. The van der Waals surface area contributed by atoms with E-state index in [0.29, 0.717) is 0 Å². The summed E-state index contributed by atoms with van der Waals surface area (Å²) in [7, 11) is 0. The van der Waals surface area contributed by atoms with Crippen molar-refractivity contribution in [1.82, 2.24) is 0 Å². The summed E-state index contributed by atoms with van der Waals surface area (Å²) in [6.07, 6.45) is 0.233. The first-order valence-corrected chi connectivity index (χ1v) is 7.30. The van der Waals surface area contributed by atoms with E-state index in [1.165, 1.54) is 5.56 Å². The normalized spacial score (nSPS) is 15.3. The molecule has 0 saturated heterocycles. The Morgan fingerprint density at radius 2 is 2.00 bits per heavy atom. The van der Waals surface area contributed by atoms with Gasteiger partial charge in [0.05, 0.1) is 6.10 Å². The Bertz CT molecular complexity index is 327. The maximum atomic E-state index is 6.02. The third kappa shape index (κ3) is 3.43. The topological polar surface area (TPSA) is 9.23 Å². The van der Waals surface area contributed by atoms with Crippen molar-refractivity contribution in [3.63, 3.8) is 0 Å². The van der Waals surface area contributed by atoms with E-state index < -0.39 is 0 Å². The summed E-state index contributed by atoms with van der Waals surface area (Å²) < 4.78 is 8.07. The third-order valence-corrected chi connectivity index (χ3v) is 4.34. The van der Waals surface area contributed by atoms with Crippen LogP contribution in [0.1, 0.15) is 26.3 Å². The van der Waals surface area contributed by atoms with Gasteiger partial charge in [0, 0.05) is 8.90 Å². The maximum absolute atomic E-state index is 6.02.